The minimum absolute atomic E-state index is 0.249. The molecule has 1 N–H and O–H groups in total. The number of halogens is 2. The SMILES string of the molecule is Cc1ccc(-c2nnc(NC(=O)c3ccc(F)cc3F)s2)c(C)c1. The Morgan fingerprint density at radius 3 is 2.58 bits per heavy atom. The first-order chi connectivity index (χ1) is 11.4. The van der Waals surface area contributed by atoms with Crippen molar-refractivity contribution in [3.05, 3.63) is 64.7 Å². The van der Waals surface area contributed by atoms with Gasteiger partial charge in [0.05, 0.1) is 5.56 Å². The summed E-state index contributed by atoms with van der Waals surface area (Å²) in [6.07, 6.45) is 0. The zero-order chi connectivity index (χ0) is 17.3. The Bertz CT molecular complexity index is 924. The van der Waals surface area contributed by atoms with Crippen LogP contribution in [-0.4, -0.2) is 16.1 Å². The first kappa shape index (κ1) is 16.2. The number of carbonyl (C=O) groups is 1. The van der Waals surface area contributed by atoms with Crippen molar-refractivity contribution in [2.45, 2.75) is 13.8 Å². The third-order valence-electron chi connectivity index (χ3n) is 3.43. The highest BCUT2D eigenvalue weighted by Gasteiger charge is 2.16. The predicted molar refractivity (Wildman–Crippen MR) is 89.1 cm³/mol. The van der Waals surface area contributed by atoms with Crippen molar-refractivity contribution in [1.82, 2.24) is 10.2 Å². The van der Waals surface area contributed by atoms with E-state index in [9.17, 15) is 13.6 Å². The van der Waals surface area contributed by atoms with Crippen molar-refractivity contribution in [2.24, 2.45) is 0 Å². The highest BCUT2D eigenvalue weighted by molar-refractivity contribution is 7.18. The fraction of sp³-hybridized carbons (Fsp3) is 0.118. The van der Waals surface area contributed by atoms with Crippen molar-refractivity contribution >= 4 is 22.4 Å². The monoisotopic (exact) mass is 345 g/mol. The Kier molecular flexibility index (Phi) is 4.35. The van der Waals surface area contributed by atoms with Crippen LogP contribution in [-0.2, 0) is 0 Å². The lowest BCUT2D eigenvalue weighted by Crippen LogP contribution is -2.13. The third kappa shape index (κ3) is 3.30. The molecule has 1 heterocycles. The minimum Gasteiger partial charge on any atom is -0.296 e. The molecule has 3 rings (SSSR count). The molecule has 122 valence electrons. The topological polar surface area (TPSA) is 54.9 Å². The second-order valence-corrected chi connectivity index (χ2v) is 6.29. The molecule has 1 amide bonds. The molecule has 1 aromatic heterocycles. The molecule has 0 atom stereocenters. The second-order valence-electron chi connectivity index (χ2n) is 5.31. The van der Waals surface area contributed by atoms with Crippen LogP contribution >= 0.6 is 11.3 Å². The third-order valence-corrected chi connectivity index (χ3v) is 4.31. The molecule has 0 saturated heterocycles. The lowest BCUT2D eigenvalue weighted by atomic mass is 10.1. The molecule has 0 unspecified atom stereocenters. The first-order valence-electron chi connectivity index (χ1n) is 7.11. The smallest absolute Gasteiger partial charge is 0.260 e. The molecule has 7 heteroatoms. The second kappa shape index (κ2) is 6.45. The summed E-state index contributed by atoms with van der Waals surface area (Å²) < 4.78 is 26.5. The number of nitrogens with zero attached hydrogens (tertiary/aromatic N) is 2. The lowest BCUT2D eigenvalue weighted by Gasteiger charge is -2.03. The highest BCUT2D eigenvalue weighted by atomic mass is 32.1. The molecule has 4 nitrogen and oxygen atoms in total. The highest BCUT2D eigenvalue weighted by Crippen LogP contribution is 2.29. The molecular weight excluding hydrogens is 332 g/mol. The Morgan fingerprint density at radius 1 is 1.08 bits per heavy atom. The standard InChI is InChI=1S/C17H13F2N3OS/c1-9-3-5-12(10(2)7-9)16-21-22-17(24-16)20-15(23)13-6-4-11(18)8-14(13)19/h3-8H,1-2H3,(H,20,22,23). The van der Waals surface area contributed by atoms with E-state index in [2.05, 4.69) is 15.5 Å². The molecule has 0 radical (unpaired) electrons. The summed E-state index contributed by atoms with van der Waals surface area (Å²) in [4.78, 5) is 12.1. The molecule has 0 saturated carbocycles. The van der Waals surface area contributed by atoms with Crippen molar-refractivity contribution in [3.63, 3.8) is 0 Å². The van der Waals surface area contributed by atoms with Crippen LogP contribution in [0.4, 0.5) is 13.9 Å². The number of anilines is 1. The molecule has 0 aliphatic rings. The van der Waals surface area contributed by atoms with Crippen LogP contribution in [0, 0.1) is 25.5 Å². The van der Waals surface area contributed by atoms with E-state index in [1.165, 1.54) is 11.3 Å². The number of nitrogens with one attached hydrogen (secondary N) is 1. The summed E-state index contributed by atoms with van der Waals surface area (Å²) in [5, 5.41) is 11.4. The number of carbonyl (C=O) groups excluding carboxylic acids is 1. The van der Waals surface area contributed by atoms with Crippen molar-refractivity contribution in [2.75, 3.05) is 5.32 Å². The largest absolute Gasteiger partial charge is 0.296 e. The maximum absolute atomic E-state index is 13.6. The first-order valence-corrected chi connectivity index (χ1v) is 7.93. The quantitative estimate of drug-likeness (QED) is 0.768. The van der Waals surface area contributed by atoms with Crippen LogP contribution in [0.5, 0.6) is 0 Å². The van der Waals surface area contributed by atoms with E-state index in [0.29, 0.717) is 11.1 Å². The number of benzene rings is 2. The molecule has 0 aliphatic heterocycles. The Morgan fingerprint density at radius 2 is 1.88 bits per heavy atom. The van der Waals surface area contributed by atoms with Gasteiger partial charge in [-0.2, -0.15) is 0 Å². The van der Waals surface area contributed by atoms with Gasteiger partial charge in [0.2, 0.25) is 5.13 Å². The summed E-state index contributed by atoms with van der Waals surface area (Å²) in [5.41, 5.74) is 2.86. The van der Waals surface area contributed by atoms with E-state index in [1.54, 1.807) is 0 Å². The summed E-state index contributed by atoms with van der Waals surface area (Å²) in [6, 6.07) is 8.72. The Balaban J connectivity index is 1.82. The molecule has 0 fully saturated rings. The Hall–Kier alpha value is -2.67. The zero-order valence-corrected chi connectivity index (χ0v) is 13.7. The van der Waals surface area contributed by atoms with E-state index in [1.807, 2.05) is 32.0 Å². The van der Waals surface area contributed by atoms with Crippen molar-refractivity contribution in [1.29, 1.82) is 0 Å². The molecule has 2 aromatic carbocycles. The summed E-state index contributed by atoms with van der Waals surface area (Å²) in [7, 11) is 0. The van der Waals surface area contributed by atoms with Gasteiger partial charge in [-0.1, -0.05) is 35.1 Å². The molecule has 24 heavy (non-hydrogen) atoms. The van der Waals surface area contributed by atoms with Crippen molar-refractivity contribution < 1.29 is 13.6 Å². The zero-order valence-electron chi connectivity index (χ0n) is 12.9. The number of amides is 1. The molecule has 0 bridgehead atoms. The van der Waals surface area contributed by atoms with E-state index >= 15 is 0 Å². The molecular formula is C17H13F2N3OS. The summed E-state index contributed by atoms with van der Waals surface area (Å²) in [6.45, 7) is 3.97. The van der Waals surface area contributed by atoms with Gasteiger partial charge in [-0.05, 0) is 31.5 Å². The maximum Gasteiger partial charge on any atom is 0.260 e. The maximum atomic E-state index is 13.6. The fourth-order valence-electron chi connectivity index (χ4n) is 2.27. The van der Waals surface area contributed by atoms with Gasteiger partial charge in [0.1, 0.15) is 16.6 Å². The minimum atomic E-state index is -0.924. The van der Waals surface area contributed by atoms with Gasteiger partial charge in [-0.25, -0.2) is 8.78 Å². The average molecular weight is 345 g/mol. The summed E-state index contributed by atoms with van der Waals surface area (Å²) >= 11 is 1.19. The van der Waals surface area contributed by atoms with Gasteiger partial charge in [0.15, 0.2) is 0 Å². The van der Waals surface area contributed by atoms with Gasteiger partial charge in [-0.15, -0.1) is 10.2 Å². The van der Waals surface area contributed by atoms with Crippen molar-refractivity contribution in [3.8, 4) is 10.6 Å². The van der Waals surface area contributed by atoms with Crippen LogP contribution in [0.25, 0.3) is 10.6 Å². The lowest BCUT2D eigenvalue weighted by molar-refractivity contribution is 0.102. The summed E-state index contributed by atoms with van der Waals surface area (Å²) in [5.74, 6) is -2.36. The molecule has 3 aromatic rings. The van der Waals surface area contributed by atoms with Gasteiger partial charge in [0, 0.05) is 11.6 Å². The fourth-order valence-corrected chi connectivity index (χ4v) is 3.10. The average Bonchev–Trinajstić information content (AvgIpc) is 2.95. The normalized spacial score (nSPS) is 10.7. The Labute approximate surface area is 141 Å². The molecule has 0 aliphatic carbocycles. The van der Waals surface area contributed by atoms with Crippen LogP contribution in [0.2, 0.25) is 0 Å². The van der Waals surface area contributed by atoms with E-state index in [4.69, 9.17) is 0 Å². The predicted octanol–water partition coefficient (Wildman–Crippen LogP) is 4.35. The van der Waals surface area contributed by atoms with Gasteiger partial charge >= 0.3 is 0 Å². The molecule has 0 spiro atoms. The number of hydrogen-bond donors (Lipinski definition) is 1. The van der Waals surface area contributed by atoms with Crippen LogP contribution in [0.3, 0.4) is 0 Å². The number of rotatable bonds is 3. The van der Waals surface area contributed by atoms with Crippen LogP contribution in [0.15, 0.2) is 36.4 Å². The van der Waals surface area contributed by atoms with E-state index in [-0.39, 0.29) is 10.7 Å². The number of aryl methyl sites for hydroxylation is 2. The van der Waals surface area contributed by atoms with E-state index in [0.717, 1.165) is 28.8 Å². The van der Waals surface area contributed by atoms with Gasteiger partial charge < -0.3 is 0 Å². The van der Waals surface area contributed by atoms with Gasteiger partial charge in [-0.3, -0.25) is 10.1 Å². The van der Waals surface area contributed by atoms with Crippen LogP contribution in [0.1, 0.15) is 21.5 Å². The van der Waals surface area contributed by atoms with E-state index < -0.39 is 17.5 Å². The number of aromatic nitrogens is 2. The van der Waals surface area contributed by atoms with Crippen LogP contribution < -0.4 is 5.32 Å². The number of hydrogen-bond acceptors (Lipinski definition) is 4. The van der Waals surface area contributed by atoms with Gasteiger partial charge in [0.25, 0.3) is 5.91 Å².